The van der Waals surface area contributed by atoms with Crippen LogP contribution >= 0.6 is 0 Å². The summed E-state index contributed by atoms with van der Waals surface area (Å²) in [5.41, 5.74) is -0.573. The topological polar surface area (TPSA) is 59.6 Å². The van der Waals surface area contributed by atoms with E-state index in [2.05, 4.69) is 10.6 Å². The Balaban J connectivity index is 2.06. The minimum atomic E-state index is -0.589. The molecule has 1 saturated heterocycles. The Labute approximate surface area is 123 Å². The van der Waals surface area contributed by atoms with Gasteiger partial charge in [0.1, 0.15) is 11.2 Å². The van der Waals surface area contributed by atoms with Crippen LogP contribution in [0.25, 0.3) is 0 Å². The van der Waals surface area contributed by atoms with Crippen molar-refractivity contribution in [3.63, 3.8) is 0 Å². The molecular weight excluding hydrogens is 275 g/mol. The Hall–Kier alpha value is -1.82. The quantitative estimate of drug-likeness (QED) is 0.900. The third-order valence-corrected chi connectivity index (χ3v) is 2.93. The van der Waals surface area contributed by atoms with Gasteiger partial charge in [-0.05, 0) is 39.8 Å². The molecule has 1 aromatic rings. The predicted octanol–water partition coefficient (Wildman–Crippen LogP) is 2.91. The Morgan fingerprint density at radius 2 is 2.05 bits per heavy atom. The van der Waals surface area contributed by atoms with Crippen molar-refractivity contribution in [1.29, 1.82) is 0 Å². The molecule has 0 spiro atoms. The van der Waals surface area contributed by atoms with E-state index < -0.39 is 23.1 Å². The molecule has 1 aromatic carbocycles. The van der Waals surface area contributed by atoms with Gasteiger partial charge in [0.15, 0.2) is 11.6 Å². The monoisotopic (exact) mass is 296 g/mol. The van der Waals surface area contributed by atoms with Gasteiger partial charge in [0.2, 0.25) is 0 Å². The van der Waals surface area contributed by atoms with Crippen molar-refractivity contribution in [2.75, 3.05) is 18.4 Å². The van der Waals surface area contributed by atoms with Crippen LogP contribution in [0, 0.1) is 5.82 Å². The van der Waals surface area contributed by atoms with Gasteiger partial charge in [-0.3, -0.25) is 5.32 Å². The van der Waals surface area contributed by atoms with Gasteiger partial charge in [-0.1, -0.05) is 0 Å². The number of hydrogen-bond donors (Lipinski definition) is 2. The standard InChI is InChI=1S/C15H21FN2O3/c1-14(2,3)21-13(19)18-10-5-6-11(16)12(7-10)20-15(4)8-17-9-15/h5-7,17H,8-9H2,1-4H3,(H,18,19). The summed E-state index contributed by atoms with van der Waals surface area (Å²) in [6.45, 7) is 8.55. The maximum atomic E-state index is 13.8. The van der Waals surface area contributed by atoms with Gasteiger partial charge >= 0.3 is 6.09 Å². The molecule has 21 heavy (non-hydrogen) atoms. The summed E-state index contributed by atoms with van der Waals surface area (Å²) in [7, 11) is 0. The summed E-state index contributed by atoms with van der Waals surface area (Å²) in [5.74, 6) is -0.342. The number of amides is 1. The molecule has 1 fully saturated rings. The van der Waals surface area contributed by atoms with Crippen LogP contribution in [-0.2, 0) is 4.74 Å². The van der Waals surface area contributed by atoms with Gasteiger partial charge in [-0.15, -0.1) is 0 Å². The maximum Gasteiger partial charge on any atom is 0.412 e. The summed E-state index contributed by atoms with van der Waals surface area (Å²) in [6, 6.07) is 4.19. The number of anilines is 1. The number of benzene rings is 1. The molecule has 0 bridgehead atoms. The molecule has 0 saturated carbocycles. The number of hydrogen-bond acceptors (Lipinski definition) is 4. The predicted molar refractivity (Wildman–Crippen MR) is 78.2 cm³/mol. The first-order valence-electron chi connectivity index (χ1n) is 6.86. The second-order valence-electron chi connectivity index (χ2n) is 6.43. The molecule has 0 radical (unpaired) electrons. The van der Waals surface area contributed by atoms with Crippen molar-refractivity contribution in [3.8, 4) is 5.75 Å². The van der Waals surface area contributed by atoms with Crippen LogP contribution in [0.1, 0.15) is 27.7 Å². The van der Waals surface area contributed by atoms with Crippen LogP contribution in [0.2, 0.25) is 0 Å². The van der Waals surface area contributed by atoms with Gasteiger partial charge in [0.25, 0.3) is 0 Å². The molecule has 6 heteroatoms. The lowest BCUT2D eigenvalue weighted by Crippen LogP contribution is -2.61. The molecule has 0 atom stereocenters. The first-order valence-corrected chi connectivity index (χ1v) is 6.86. The lowest BCUT2D eigenvalue weighted by atomic mass is 10.00. The van der Waals surface area contributed by atoms with Crippen molar-refractivity contribution < 1.29 is 18.7 Å². The van der Waals surface area contributed by atoms with Crippen molar-refractivity contribution in [3.05, 3.63) is 24.0 Å². The minimum absolute atomic E-state index is 0.118. The zero-order valence-electron chi connectivity index (χ0n) is 12.7. The SMILES string of the molecule is CC(C)(C)OC(=O)Nc1ccc(F)c(OC2(C)CNC2)c1. The van der Waals surface area contributed by atoms with Crippen molar-refractivity contribution in [1.82, 2.24) is 5.32 Å². The van der Waals surface area contributed by atoms with Gasteiger partial charge < -0.3 is 14.8 Å². The first kappa shape index (κ1) is 15.6. The van der Waals surface area contributed by atoms with Crippen LogP contribution in [0.5, 0.6) is 5.75 Å². The van der Waals surface area contributed by atoms with E-state index in [0.717, 1.165) is 0 Å². The highest BCUT2D eigenvalue weighted by Crippen LogP contribution is 2.27. The summed E-state index contributed by atoms with van der Waals surface area (Å²) < 4.78 is 24.6. The first-order chi connectivity index (χ1) is 9.67. The fraction of sp³-hybridized carbons (Fsp3) is 0.533. The summed E-state index contributed by atoms with van der Waals surface area (Å²) in [5, 5.41) is 5.64. The molecule has 0 unspecified atom stereocenters. The second kappa shape index (κ2) is 5.52. The van der Waals surface area contributed by atoms with Crippen LogP contribution in [0.15, 0.2) is 18.2 Å². The normalized spacial score (nSPS) is 16.8. The van der Waals surface area contributed by atoms with E-state index in [0.29, 0.717) is 18.8 Å². The smallest absolute Gasteiger partial charge is 0.412 e. The average Bonchev–Trinajstić information content (AvgIpc) is 2.29. The lowest BCUT2D eigenvalue weighted by molar-refractivity contribution is 0.0312. The van der Waals surface area contributed by atoms with E-state index in [1.807, 2.05) is 6.92 Å². The molecule has 1 heterocycles. The molecule has 5 nitrogen and oxygen atoms in total. The van der Waals surface area contributed by atoms with Crippen LogP contribution in [0.4, 0.5) is 14.9 Å². The molecule has 116 valence electrons. The summed E-state index contributed by atoms with van der Waals surface area (Å²) >= 11 is 0. The fourth-order valence-corrected chi connectivity index (χ4v) is 1.90. The zero-order valence-corrected chi connectivity index (χ0v) is 12.7. The van der Waals surface area contributed by atoms with Gasteiger partial charge in [-0.2, -0.15) is 0 Å². The summed E-state index contributed by atoms with van der Waals surface area (Å²) in [6.07, 6.45) is -0.586. The molecule has 1 aliphatic rings. The number of nitrogens with one attached hydrogen (secondary N) is 2. The van der Waals surface area contributed by atoms with E-state index >= 15 is 0 Å². The number of carbonyl (C=O) groups is 1. The van der Waals surface area contributed by atoms with Gasteiger partial charge in [0.05, 0.1) is 0 Å². The van der Waals surface area contributed by atoms with Gasteiger partial charge in [-0.25, -0.2) is 9.18 Å². The molecule has 1 amide bonds. The van der Waals surface area contributed by atoms with Crippen molar-refractivity contribution in [2.24, 2.45) is 0 Å². The van der Waals surface area contributed by atoms with E-state index in [1.54, 1.807) is 20.8 Å². The maximum absolute atomic E-state index is 13.8. The highest BCUT2D eigenvalue weighted by molar-refractivity contribution is 5.85. The zero-order chi connectivity index (χ0) is 15.7. The van der Waals surface area contributed by atoms with Gasteiger partial charge in [0, 0.05) is 24.8 Å². The Morgan fingerprint density at radius 3 is 2.57 bits per heavy atom. The molecular formula is C15H21FN2O3. The van der Waals surface area contributed by atoms with E-state index in [9.17, 15) is 9.18 Å². The van der Waals surface area contributed by atoms with E-state index in [1.165, 1.54) is 18.2 Å². The molecule has 0 aromatic heterocycles. The van der Waals surface area contributed by atoms with Crippen LogP contribution in [-0.4, -0.2) is 30.4 Å². The number of ether oxygens (including phenoxy) is 2. The highest BCUT2D eigenvalue weighted by atomic mass is 19.1. The van der Waals surface area contributed by atoms with E-state index in [4.69, 9.17) is 9.47 Å². The third-order valence-electron chi connectivity index (χ3n) is 2.93. The molecule has 1 aliphatic heterocycles. The molecule has 0 aliphatic carbocycles. The number of halogens is 1. The van der Waals surface area contributed by atoms with Crippen molar-refractivity contribution in [2.45, 2.75) is 38.9 Å². The minimum Gasteiger partial charge on any atom is -0.482 e. The van der Waals surface area contributed by atoms with Crippen LogP contribution < -0.4 is 15.4 Å². The Kier molecular flexibility index (Phi) is 4.09. The van der Waals surface area contributed by atoms with Crippen LogP contribution in [0.3, 0.4) is 0 Å². The number of rotatable bonds is 3. The molecule has 2 rings (SSSR count). The average molecular weight is 296 g/mol. The molecule has 2 N–H and O–H groups in total. The highest BCUT2D eigenvalue weighted by Gasteiger charge is 2.34. The number of carbonyl (C=O) groups excluding carboxylic acids is 1. The largest absolute Gasteiger partial charge is 0.482 e. The second-order valence-corrected chi connectivity index (χ2v) is 6.43. The lowest BCUT2D eigenvalue weighted by Gasteiger charge is -2.39. The third kappa shape index (κ3) is 4.32. The summed E-state index contributed by atoms with van der Waals surface area (Å²) in [4.78, 5) is 11.7. The Bertz CT molecular complexity index is 536. The fourth-order valence-electron chi connectivity index (χ4n) is 1.90. The Morgan fingerprint density at radius 1 is 1.38 bits per heavy atom. The van der Waals surface area contributed by atoms with Crippen molar-refractivity contribution >= 4 is 11.8 Å². The van der Waals surface area contributed by atoms with E-state index in [-0.39, 0.29) is 5.75 Å².